The van der Waals surface area contributed by atoms with E-state index < -0.39 is 11.9 Å². The minimum Gasteiger partial charge on any atom is -0.375 e. The third kappa shape index (κ3) is 5.96. The molecule has 1 heterocycles. The van der Waals surface area contributed by atoms with E-state index in [4.69, 9.17) is 11.6 Å². The number of halogens is 1. The van der Waals surface area contributed by atoms with Gasteiger partial charge in [0.25, 0.3) is 5.91 Å². The number of likely N-dealkylation sites (tertiary alicyclic amines) is 1. The first-order valence-corrected chi connectivity index (χ1v) is 9.85. The Bertz CT molecular complexity index is 883. The van der Waals surface area contributed by atoms with Crippen LogP contribution in [0.3, 0.4) is 0 Å². The quantitative estimate of drug-likeness (QED) is 0.677. The summed E-state index contributed by atoms with van der Waals surface area (Å²) in [7, 11) is 0. The van der Waals surface area contributed by atoms with Gasteiger partial charge in [-0.1, -0.05) is 41.9 Å². The number of nitrogens with one attached hydrogen (secondary N) is 3. The van der Waals surface area contributed by atoms with E-state index in [-0.39, 0.29) is 12.5 Å². The van der Waals surface area contributed by atoms with Gasteiger partial charge in [0.05, 0.1) is 12.1 Å². The number of benzene rings is 2. The fourth-order valence-electron chi connectivity index (χ4n) is 3.11. The van der Waals surface area contributed by atoms with Gasteiger partial charge >= 0.3 is 6.03 Å². The molecular weight excluding hydrogens is 392 g/mol. The van der Waals surface area contributed by atoms with Crippen LogP contribution in [0, 0.1) is 0 Å². The van der Waals surface area contributed by atoms with E-state index in [1.165, 1.54) is 0 Å². The van der Waals surface area contributed by atoms with Crippen LogP contribution in [0.4, 0.5) is 10.5 Å². The molecule has 2 aromatic carbocycles. The van der Waals surface area contributed by atoms with Gasteiger partial charge < -0.3 is 15.5 Å². The van der Waals surface area contributed by atoms with Gasteiger partial charge in [0, 0.05) is 30.3 Å². The molecule has 1 aliphatic heterocycles. The summed E-state index contributed by atoms with van der Waals surface area (Å²) in [4.78, 5) is 38.5. The summed E-state index contributed by atoms with van der Waals surface area (Å²) in [5.74, 6) is -0.613. The highest BCUT2D eigenvalue weighted by atomic mass is 35.5. The Labute approximate surface area is 174 Å². The molecule has 0 radical (unpaired) electrons. The Kier molecular flexibility index (Phi) is 7.08. The van der Waals surface area contributed by atoms with Gasteiger partial charge in [0.1, 0.15) is 0 Å². The molecule has 0 aromatic heterocycles. The molecule has 1 saturated heterocycles. The van der Waals surface area contributed by atoms with E-state index in [1.807, 2.05) is 30.3 Å². The van der Waals surface area contributed by atoms with E-state index in [1.54, 1.807) is 23.1 Å². The van der Waals surface area contributed by atoms with Gasteiger partial charge in [-0.25, -0.2) is 4.79 Å². The molecule has 3 N–H and O–H groups in total. The van der Waals surface area contributed by atoms with Crippen molar-refractivity contribution >= 4 is 35.1 Å². The van der Waals surface area contributed by atoms with Crippen molar-refractivity contribution in [2.45, 2.75) is 19.4 Å². The van der Waals surface area contributed by atoms with Crippen LogP contribution in [-0.2, 0) is 11.3 Å². The second kappa shape index (κ2) is 9.93. The lowest BCUT2D eigenvalue weighted by molar-refractivity contribution is -0.118. The molecule has 2 aromatic rings. The zero-order valence-electron chi connectivity index (χ0n) is 15.9. The lowest BCUT2D eigenvalue weighted by atomic mass is 10.1. The Balaban J connectivity index is 1.53. The zero-order chi connectivity index (χ0) is 20.6. The standard InChI is InChI=1S/C21H23ClN4O3/c22-16-8-9-17(20(28)26-10-4-5-11-26)18(12-16)23-14-19(27)25-21(29)24-13-15-6-2-1-3-7-15/h1-3,6-9,12,23H,4-5,10-11,13-14H2,(H2,24,25,27,29). The topological polar surface area (TPSA) is 90.5 Å². The second-order valence-electron chi connectivity index (χ2n) is 6.76. The number of rotatable bonds is 6. The van der Waals surface area contributed by atoms with Gasteiger partial charge in [-0.3, -0.25) is 14.9 Å². The molecule has 0 unspecified atom stereocenters. The number of urea groups is 1. The summed E-state index contributed by atoms with van der Waals surface area (Å²) >= 11 is 6.05. The van der Waals surface area contributed by atoms with Crippen LogP contribution < -0.4 is 16.0 Å². The summed E-state index contributed by atoms with van der Waals surface area (Å²) in [6.07, 6.45) is 1.98. The molecule has 1 fully saturated rings. The molecule has 4 amide bonds. The van der Waals surface area contributed by atoms with E-state index in [0.717, 1.165) is 31.5 Å². The van der Waals surface area contributed by atoms with Crippen LogP contribution in [0.5, 0.6) is 0 Å². The van der Waals surface area contributed by atoms with Gasteiger partial charge in [-0.05, 0) is 36.6 Å². The lowest BCUT2D eigenvalue weighted by Gasteiger charge is -2.18. The second-order valence-corrected chi connectivity index (χ2v) is 7.20. The number of hydrogen-bond donors (Lipinski definition) is 3. The smallest absolute Gasteiger partial charge is 0.321 e. The summed E-state index contributed by atoms with van der Waals surface area (Å²) in [5.41, 5.74) is 1.85. The van der Waals surface area contributed by atoms with Crippen molar-refractivity contribution in [2.75, 3.05) is 25.0 Å². The Morgan fingerprint density at radius 1 is 1.00 bits per heavy atom. The van der Waals surface area contributed by atoms with Crippen molar-refractivity contribution < 1.29 is 14.4 Å². The summed E-state index contributed by atoms with van der Waals surface area (Å²) in [6, 6.07) is 13.7. The summed E-state index contributed by atoms with van der Waals surface area (Å²) in [5, 5.41) is 8.25. The molecule has 0 atom stereocenters. The molecule has 0 bridgehead atoms. The Hall–Kier alpha value is -3.06. The average Bonchev–Trinajstić information content (AvgIpc) is 3.26. The number of amides is 4. The lowest BCUT2D eigenvalue weighted by Crippen LogP contribution is -2.41. The maximum absolute atomic E-state index is 12.7. The van der Waals surface area contributed by atoms with Gasteiger partial charge in [0.15, 0.2) is 0 Å². The third-order valence-corrected chi connectivity index (χ3v) is 4.83. The first kappa shape index (κ1) is 20.7. The third-order valence-electron chi connectivity index (χ3n) is 4.59. The van der Waals surface area contributed by atoms with Crippen molar-refractivity contribution in [2.24, 2.45) is 0 Å². The maximum atomic E-state index is 12.7. The highest BCUT2D eigenvalue weighted by Crippen LogP contribution is 2.24. The van der Waals surface area contributed by atoms with Crippen molar-refractivity contribution in [3.8, 4) is 0 Å². The zero-order valence-corrected chi connectivity index (χ0v) is 16.7. The summed E-state index contributed by atoms with van der Waals surface area (Å²) in [6.45, 7) is 1.60. The number of carbonyl (C=O) groups is 3. The van der Waals surface area contributed by atoms with E-state index in [0.29, 0.717) is 22.8 Å². The first-order chi connectivity index (χ1) is 14.0. The number of hydrogen-bond acceptors (Lipinski definition) is 4. The molecule has 3 rings (SSSR count). The van der Waals surface area contributed by atoms with Crippen molar-refractivity contribution in [1.82, 2.24) is 15.5 Å². The fourth-order valence-corrected chi connectivity index (χ4v) is 3.28. The normalized spacial score (nSPS) is 13.1. The molecule has 0 saturated carbocycles. The Morgan fingerprint density at radius 2 is 1.72 bits per heavy atom. The van der Waals surface area contributed by atoms with Crippen molar-refractivity contribution in [3.05, 3.63) is 64.7 Å². The first-order valence-electron chi connectivity index (χ1n) is 9.47. The summed E-state index contributed by atoms with van der Waals surface area (Å²) < 4.78 is 0. The minimum absolute atomic E-state index is 0.0947. The van der Waals surface area contributed by atoms with Crippen LogP contribution in [-0.4, -0.2) is 42.4 Å². The van der Waals surface area contributed by atoms with E-state index in [9.17, 15) is 14.4 Å². The predicted molar refractivity (Wildman–Crippen MR) is 112 cm³/mol. The number of carbonyl (C=O) groups excluding carboxylic acids is 3. The molecule has 8 heteroatoms. The van der Waals surface area contributed by atoms with Crippen LogP contribution in [0.25, 0.3) is 0 Å². The largest absolute Gasteiger partial charge is 0.375 e. The molecule has 1 aliphatic rings. The number of imide groups is 1. The highest BCUT2D eigenvalue weighted by Gasteiger charge is 2.22. The van der Waals surface area contributed by atoms with Crippen LogP contribution in [0.1, 0.15) is 28.8 Å². The SMILES string of the molecule is O=C(CNc1cc(Cl)ccc1C(=O)N1CCCC1)NC(=O)NCc1ccccc1. The van der Waals surface area contributed by atoms with Gasteiger partial charge in [0.2, 0.25) is 5.91 Å². The van der Waals surface area contributed by atoms with E-state index in [2.05, 4.69) is 16.0 Å². The fraction of sp³-hybridized carbons (Fsp3) is 0.286. The Morgan fingerprint density at radius 3 is 2.45 bits per heavy atom. The number of anilines is 1. The molecule has 152 valence electrons. The molecule has 7 nitrogen and oxygen atoms in total. The highest BCUT2D eigenvalue weighted by molar-refractivity contribution is 6.31. The minimum atomic E-state index is -0.583. The predicted octanol–water partition coefficient (Wildman–Crippen LogP) is 3.01. The molecule has 0 aliphatic carbocycles. The molecule has 29 heavy (non-hydrogen) atoms. The number of nitrogens with zero attached hydrogens (tertiary/aromatic N) is 1. The maximum Gasteiger partial charge on any atom is 0.321 e. The average molecular weight is 415 g/mol. The van der Waals surface area contributed by atoms with Gasteiger partial charge in [-0.2, -0.15) is 0 Å². The molecular formula is C21H23ClN4O3. The monoisotopic (exact) mass is 414 g/mol. The van der Waals surface area contributed by atoms with Crippen LogP contribution in [0.15, 0.2) is 48.5 Å². The molecule has 0 spiro atoms. The van der Waals surface area contributed by atoms with Crippen molar-refractivity contribution in [1.29, 1.82) is 0 Å². The van der Waals surface area contributed by atoms with Gasteiger partial charge in [-0.15, -0.1) is 0 Å². The van der Waals surface area contributed by atoms with E-state index >= 15 is 0 Å². The van der Waals surface area contributed by atoms with Crippen molar-refractivity contribution in [3.63, 3.8) is 0 Å². The van der Waals surface area contributed by atoms with Crippen LogP contribution in [0.2, 0.25) is 5.02 Å². The van der Waals surface area contributed by atoms with Crippen LogP contribution >= 0.6 is 11.6 Å².